The number of nitrogens with zero attached hydrogens (tertiary/aromatic N) is 2. The quantitative estimate of drug-likeness (QED) is 0.135. The lowest BCUT2D eigenvalue weighted by atomic mass is 10.1. The highest BCUT2D eigenvalue weighted by atomic mass is 127. The third-order valence-electron chi connectivity index (χ3n) is 5.80. The van der Waals surface area contributed by atoms with Crippen molar-refractivity contribution in [2.45, 2.75) is 18.4 Å². The highest BCUT2D eigenvalue weighted by Crippen LogP contribution is 2.31. The number of rotatable bonds is 6. The zero-order valence-corrected chi connectivity index (χ0v) is 21.8. The number of halogens is 1. The molecule has 5 rings (SSSR count). The van der Waals surface area contributed by atoms with Crippen LogP contribution in [0.1, 0.15) is 21.5 Å². The van der Waals surface area contributed by atoms with E-state index in [1.54, 1.807) is 30.8 Å². The number of hydrogen-bond acceptors (Lipinski definition) is 6. The van der Waals surface area contributed by atoms with Gasteiger partial charge in [-0.3, -0.25) is 0 Å². The molecule has 0 radical (unpaired) electrons. The van der Waals surface area contributed by atoms with E-state index in [0.717, 1.165) is 25.2 Å². The number of carbonyl (C=O) groups is 1. The van der Waals surface area contributed by atoms with Crippen molar-refractivity contribution >= 4 is 74.0 Å². The number of nitrogens with one attached hydrogen (secondary N) is 1. The Bertz CT molecular complexity index is 1680. The van der Waals surface area contributed by atoms with E-state index in [2.05, 4.69) is 46.1 Å². The van der Waals surface area contributed by atoms with Gasteiger partial charge in [0.05, 0.1) is 17.6 Å². The van der Waals surface area contributed by atoms with Crippen LogP contribution in [0.3, 0.4) is 0 Å². The van der Waals surface area contributed by atoms with Gasteiger partial charge in [0.25, 0.3) is 0 Å². The number of hydrogen-bond donors (Lipinski definition) is 2. The molecule has 0 aliphatic carbocycles. The summed E-state index contributed by atoms with van der Waals surface area (Å²) in [5.74, 6) is -0.677. The Hall–Kier alpha value is -3.31. The first-order valence-electron chi connectivity index (χ1n) is 10.7. The Morgan fingerprint density at radius 1 is 1.17 bits per heavy atom. The lowest BCUT2D eigenvalue weighted by Gasteiger charge is -2.12. The van der Waals surface area contributed by atoms with Crippen LogP contribution in [0.4, 0.5) is 11.6 Å². The van der Waals surface area contributed by atoms with Gasteiger partial charge in [0.1, 0.15) is 11.1 Å². The maximum Gasteiger partial charge on any atom is 0.351 e. The van der Waals surface area contributed by atoms with Crippen LogP contribution >= 0.6 is 34.4 Å². The topological polar surface area (TPSA) is 97.4 Å². The van der Waals surface area contributed by atoms with Crippen molar-refractivity contribution in [3.63, 3.8) is 0 Å². The van der Waals surface area contributed by atoms with Gasteiger partial charge in [-0.05, 0) is 83.3 Å². The molecule has 0 atom stereocenters. The van der Waals surface area contributed by atoms with Gasteiger partial charge < -0.3 is 19.4 Å². The van der Waals surface area contributed by atoms with Crippen LogP contribution in [0.15, 0.2) is 74.8 Å². The number of fused-ring (bicyclic) bond motifs is 2. The molecule has 2 N–H and O–H groups in total. The zero-order valence-electron chi connectivity index (χ0n) is 18.8. The van der Waals surface area contributed by atoms with E-state index in [1.165, 1.54) is 0 Å². The molecule has 7 nitrogen and oxygen atoms in total. The van der Waals surface area contributed by atoms with Crippen molar-refractivity contribution in [1.82, 2.24) is 9.55 Å². The van der Waals surface area contributed by atoms with Crippen LogP contribution in [0, 0.1) is 10.5 Å². The lowest BCUT2D eigenvalue weighted by molar-refractivity contribution is 0.0691. The smallest absolute Gasteiger partial charge is 0.351 e. The summed E-state index contributed by atoms with van der Waals surface area (Å²) in [6, 6.07) is 19.8. The average molecular weight is 597 g/mol. The van der Waals surface area contributed by atoms with Crippen LogP contribution < -0.4 is 10.9 Å². The first kappa shape index (κ1) is 23.4. The molecule has 5 aromatic rings. The lowest BCUT2D eigenvalue weighted by Crippen LogP contribution is -2.15. The van der Waals surface area contributed by atoms with Crippen molar-refractivity contribution in [2.24, 2.45) is 0 Å². The Balaban J connectivity index is 1.72. The number of thioether (sulfide) groups is 1. The number of imidazole rings is 1. The number of carboxylic acid groups (broad SMARTS) is 1. The Labute approximate surface area is 218 Å². The van der Waals surface area contributed by atoms with Crippen LogP contribution in [-0.2, 0) is 6.54 Å². The molecule has 0 fully saturated rings. The monoisotopic (exact) mass is 597 g/mol. The van der Waals surface area contributed by atoms with Gasteiger partial charge in [0, 0.05) is 25.6 Å². The highest BCUT2D eigenvalue weighted by molar-refractivity contribution is 14.1. The second-order valence-corrected chi connectivity index (χ2v) is 10.2. The molecule has 9 heteroatoms. The summed E-state index contributed by atoms with van der Waals surface area (Å²) >= 11 is 3.94. The molecule has 35 heavy (non-hydrogen) atoms. The zero-order chi connectivity index (χ0) is 24.7. The first-order chi connectivity index (χ1) is 16.8. The van der Waals surface area contributed by atoms with Gasteiger partial charge in [-0.2, -0.15) is 0 Å². The second-order valence-electron chi connectivity index (χ2n) is 8.04. The summed E-state index contributed by atoms with van der Waals surface area (Å²) in [6.45, 7) is 2.16. The number of aryl methyl sites for hydroxylation is 1. The van der Waals surface area contributed by atoms with Crippen molar-refractivity contribution in [1.29, 1.82) is 0 Å². The third kappa shape index (κ3) is 4.53. The Kier molecular flexibility index (Phi) is 6.28. The second kappa shape index (κ2) is 9.38. The molecule has 0 unspecified atom stereocenters. The van der Waals surface area contributed by atoms with E-state index in [0.29, 0.717) is 34.5 Å². The van der Waals surface area contributed by atoms with Gasteiger partial charge in [0.15, 0.2) is 0 Å². The standard InChI is InChI=1S/C26H20IN3O4S/c1-14-19-11-20-21(12-22(19)34-25(33)23(14)24(31)32)30(13-15-5-3-6-16(27)9-15)26(29-20)28-17-7-4-8-18(10-17)35-2/h3-12H,13H2,1-2H3,(H,28,29)(H,31,32). The van der Waals surface area contributed by atoms with E-state index in [-0.39, 0.29) is 5.56 Å². The van der Waals surface area contributed by atoms with Gasteiger partial charge in [-0.15, -0.1) is 11.8 Å². The van der Waals surface area contributed by atoms with Crippen LogP contribution in [0.25, 0.3) is 22.0 Å². The normalized spacial score (nSPS) is 11.3. The van der Waals surface area contributed by atoms with E-state index in [4.69, 9.17) is 9.40 Å². The molecule has 0 aliphatic heterocycles. The van der Waals surface area contributed by atoms with Gasteiger partial charge in [-0.1, -0.05) is 18.2 Å². The molecule has 0 spiro atoms. The van der Waals surface area contributed by atoms with Crippen molar-refractivity contribution in [3.05, 3.63) is 91.3 Å². The minimum absolute atomic E-state index is 0.324. The van der Waals surface area contributed by atoms with Crippen molar-refractivity contribution < 1.29 is 14.3 Å². The average Bonchev–Trinajstić information content (AvgIpc) is 3.13. The maximum atomic E-state index is 12.4. The molecule has 0 bridgehead atoms. The van der Waals surface area contributed by atoms with Crippen LogP contribution in [-0.4, -0.2) is 26.9 Å². The number of anilines is 2. The molecular weight excluding hydrogens is 577 g/mol. The minimum atomic E-state index is -1.31. The largest absolute Gasteiger partial charge is 0.477 e. The van der Waals surface area contributed by atoms with Crippen LogP contribution in [0.5, 0.6) is 0 Å². The van der Waals surface area contributed by atoms with Crippen molar-refractivity contribution in [3.8, 4) is 0 Å². The molecule has 0 aliphatic rings. The maximum absolute atomic E-state index is 12.4. The van der Waals surface area contributed by atoms with Crippen LogP contribution in [0.2, 0.25) is 0 Å². The number of aromatic carboxylic acids is 1. The molecule has 0 saturated carbocycles. The Morgan fingerprint density at radius 2 is 1.97 bits per heavy atom. The van der Waals surface area contributed by atoms with Gasteiger partial charge in [0.2, 0.25) is 5.95 Å². The number of aromatic nitrogens is 2. The predicted molar refractivity (Wildman–Crippen MR) is 147 cm³/mol. The summed E-state index contributed by atoms with van der Waals surface area (Å²) in [5.41, 5.74) is 2.89. The highest BCUT2D eigenvalue weighted by Gasteiger charge is 2.20. The molecule has 2 heterocycles. The fourth-order valence-corrected chi connectivity index (χ4v) is 5.19. The fraction of sp³-hybridized carbons (Fsp3) is 0.115. The number of carboxylic acids is 1. The van der Waals surface area contributed by atoms with Crippen molar-refractivity contribution in [2.75, 3.05) is 11.6 Å². The van der Waals surface area contributed by atoms with E-state index < -0.39 is 11.6 Å². The molecule has 3 aromatic carbocycles. The summed E-state index contributed by atoms with van der Waals surface area (Å²) in [5, 5.41) is 13.4. The summed E-state index contributed by atoms with van der Waals surface area (Å²) < 4.78 is 8.58. The van der Waals surface area contributed by atoms with E-state index in [9.17, 15) is 14.7 Å². The van der Waals surface area contributed by atoms with Gasteiger partial charge in [-0.25, -0.2) is 14.6 Å². The SMILES string of the molecule is CSc1cccc(Nc2nc3cc4c(C)c(C(=O)O)c(=O)oc4cc3n2Cc2cccc(I)c2)c1. The summed E-state index contributed by atoms with van der Waals surface area (Å²) in [4.78, 5) is 29.9. The molecule has 0 saturated heterocycles. The Morgan fingerprint density at radius 3 is 2.71 bits per heavy atom. The summed E-state index contributed by atoms with van der Waals surface area (Å²) in [7, 11) is 0. The molecule has 0 amide bonds. The van der Waals surface area contributed by atoms with Gasteiger partial charge >= 0.3 is 11.6 Å². The predicted octanol–water partition coefficient (Wildman–Crippen LogP) is 6.27. The van der Waals surface area contributed by atoms with E-state index >= 15 is 0 Å². The molecule has 2 aromatic heterocycles. The third-order valence-corrected chi connectivity index (χ3v) is 7.20. The fourth-order valence-electron chi connectivity index (χ4n) is 4.12. The first-order valence-corrected chi connectivity index (χ1v) is 13.0. The summed E-state index contributed by atoms with van der Waals surface area (Å²) in [6.07, 6.45) is 2.03. The molecule has 176 valence electrons. The number of benzene rings is 3. The molecular formula is C26H20IN3O4S. The minimum Gasteiger partial charge on any atom is -0.477 e. The van der Waals surface area contributed by atoms with E-state index in [1.807, 2.05) is 41.2 Å².